The van der Waals surface area contributed by atoms with Gasteiger partial charge in [0.05, 0.1) is 28.4 Å². The average molecular weight is 723 g/mol. The molecule has 2 aliphatic heterocycles. The van der Waals surface area contributed by atoms with Crippen molar-refractivity contribution in [3.63, 3.8) is 0 Å². The van der Waals surface area contributed by atoms with Crippen molar-refractivity contribution in [3.05, 3.63) is 81.1 Å². The number of anilines is 2. The van der Waals surface area contributed by atoms with Crippen molar-refractivity contribution in [3.8, 4) is 0 Å². The highest BCUT2D eigenvalue weighted by atomic mass is 79.9. The fraction of sp³-hybridized carbons (Fsp3) is 0.433. The molecule has 16 heteroatoms. The number of hydrazone groups is 1. The lowest BCUT2D eigenvalue weighted by molar-refractivity contribution is -0.143. The third-order valence-electron chi connectivity index (χ3n) is 8.14. The minimum absolute atomic E-state index is 0.0753. The van der Waals surface area contributed by atoms with Gasteiger partial charge in [-0.25, -0.2) is 9.97 Å². The topological polar surface area (TPSA) is 47.9 Å². The summed E-state index contributed by atoms with van der Waals surface area (Å²) in [4.78, 5) is 12.4. The largest absolute Gasteiger partial charge is 0.416 e. The van der Waals surface area contributed by atoms with Crippen LogP contribution in [-0.4, -0.2) is 53.4 Å². The summed E-state index contributed by atoms with van der Waals surface area (Å²) in [6.07, 6.45) is -8.83. The normalized spacial score (nSPS) is 20.6. The molecule has 0 amide bonds. The van der Waals surface area contributed by atoms with Crippen LogP contribution in [0.5, 0.6) is 0 Å². The first-order chi connectivity index (χ1) is 21.4. The van der Waals surface area contributed by atoms with Gasteiger partial charge < -0.3 is 9.80 Å². The van der Waals surface area contributed by atoms with E-state index in [2.05, 4.69) is 31.0 Å². The number of hydrogen-bond acceptors (Lipinski definition) is 6. The molecule has 1 saturated heterocycles. The maximum atomic E-state index is 13.7. The number of alkyl halides is 9. The van der Waals surface area contributed by atoms with Crippen LogP contribution in [0, 0.1) is 0 Å². The molecule has 0 saturated carbocycles. The van der Waals surface area contributed by atoms with Crippen LogP contribution in [0.4, 0.5) is 51.1 Å². The Morgan fingerprint density at radius 2 is 1.46 bits per heavy atom. The minimum atomic E-state index is -5.03. The zero-order valence-electron chi connectivity index (χ0n) is 24.4. The summed E-state index contributed by atoms with van der Waals surface area (Å²) in [5.41, 5.74) is -2.77. The van der Waals surface area contributed by atoms with Crippen LogP contribution in [0.3, 0.4) is 0 Å². The third-order valence-corrected chi connectivity index (χ3v) is 8.77. The number of hydrogen-bond donors (Lipinski definition) is 0. The zero-order valence-corrected chi connectivity index (χ0v) is 26.0. The average Bonchev–Trinajstić information content (AvgIpc) is 3.61. The fourth-order valence-corrected chi connectivity index (χ4v) is 6.43. The summed E-state index contributed by atoms with van der Waals surface area (Å²) in [7, 11) is 1.79. The van der Waals surface area contributed by atoms with Gasteiger partial charge in [0.25, 0.3) is 0 Å². The molecule has 46 heavy (non-hydrogen) atoms. The maximum absolute atomic E-state index is 13.7. The predicted octanol–water partition coefficient (Wildman–Crippen LogP) is 8.37. The molecule has 3 atom stereocenters. The Morgan fingerprint density at radius 1 is 0.848 bits per heavy atom. The summed E-state index contributed by atoms with van der Waals surface area (Å²) in [6, 6.07) is 3.98. The lowest BCUT2D eigenvalue weighted by Crippen LogP contribution is -2.38. The number of benzene rings is 2. The van der Waals surface area contributed by atoms with Crippen LogP contribution >= 0.6 is 15.9 Å². The molecule has 0 aliphatic carbocycles. The van der Waals surface area contributed by atoms with E-state index in [9.17, 15) is 39.5 Å². The Bertz CT molecular complexity index is 1540. The molecule has 0 spiro atoms. The SMILES string of the molecule is CC[C@@H]1C[C@H](N(Cc2cc(C(F)(F)F)cc(C(F)(F)F)c2)c2ncc(C3C=NN(C)C3)cn2)CN1c1ccc(C(F)(F)F)cc1Br. The molecule has 0 N–H and O–H groups in total. The number of nitrogens with zero attached hydrogens (tertiary/aromatic N) is 6. The molecule has 0 bridgehead atoms. The lowest BCUT2D eigenvalue weighted by Gasteiger charge is -2.30. The molecule has 1 unspecified atom stereocenters. The van der Waals surface area contributed by atoms with E-state index in [1.807, 2.05) is 11.8 Å². The fourth-order valence-electron chi connectivity index (χ4n) is 5.82. The Kier molecular flexibility index (Phi) is 9.23. The molecule has 3 heterocycles. The van der Waals surface area contributed by atoms with Gasteiger partial charge in [0, 0.05) is 61.7 Å². The number of rotatable bonds is 7. The van der Waals surface area contributed by atoms with Crippen molar-refractivity contribution in [1.29, 1.82) is 0 Å². The van der Waals surface area contributed by atoms with Gasteiger partial charge in [-0.1, -0.05) is 6.92 Å². The van der Waals surface area contributed by atoms with Gasteiger partial charge in [0.1, 0.15) is 0 Å². The first kappa shape index (κ1) is 33.8. The standard InChI is InChI=1S/C30H28BrF9N6/c1-3-23-10-24(16-45(23)26-5-4-20(9-25(26)31)28(32,33)34)46(27-41-11-18(12-42-27)19-13-43-44(2)15-19)14-17-6-21(29(35,36)37)8-22(7-17)30(38,39)40/h4-9,11-13,19,23-24H,3,10,14-16H2,1-2H3/t19?,23-,24+/m1/s1. The van der Waals surface area contributed by atoms with Crippen LogP contribution in [0.2, 0.25) is 0 Å². The van der Waals surface area contributed by atoms with E-state index in [1.54, 1.807) is 35.6 Å². The van der Waals surface area contributed by atoms with Crippen LogP contribution in [0.1, 0.15) is 53.5 Å². The smallest absolute Gasteiger partial charge is 0.366 e. The summed E-state index contributed by atoms with van der Waals surface area (Å²) in [5.74, 6) is -0.0139. The summed E-state index contributed by atoms with van der Waals surface area (Å²) < 4.78 is 122. The van der Waals surface area contributed by atoms with Crippen LogP contribution in [-0.2, 0) is 25.1 Å². The monoisotopic (exact) mass is 722 g/mol. The molecule has 248 valence electrons. The van der Waals surface area contributed by atoms with E-state index in [0.717, 1.165) is 17.7 Å². The van der Waals surface area contributed by atoms with Crippen molar-refractivity contribution < 1.29 is 39.5 Å². The molecular weight excluding hydrogens is 695 g/mol. The number of halogens is 10. The maximum Gasteiger partial charge on any atom is 0.416 e. The van der Waals surface area contributed by atoms with E-state index in [4.69, 9.17) is 0 Å². The highest BCUT2D eigenvalue weighted by Gasteiger charge is 2.40. The molecule has 5 rings (SSSR count). The second-order valence-corrected chi connectivity index (χ2v) is 12.2. The highest BCUT2D eigenvalue weighted by Crippen LogP contribution is 2.41. The van der Waals surface area contributed by atoms with Crippen LogP contribution in [0.15, 0.2) is 58.4 Å². The second-order valence-electron chi connectivity index (χ2n) is 11.3. The van der Waals surface area contributed by atoms with Gasteiger partial charge in [0.2, 0.25) is 5.95 Å². The molecule has 1 fully saturated rings. The Balaban J connectivity index is 1.53. The number of aromatic nitrogens is 2. The Hall–Kier alpha value is -3.56. The van der Waals surface area contributed by atoms with Crippen LogP contribution in [0.25, 0.3) is 0 Å². The molecular formula is C30H28BrF9N6. The zero-order chi connectivity index (χ0) is 33.6. The summed E-state index contributed by atoms with van der Waals surface area (Å²) in [6.45, 7) is 2.27. The highest BCUT2D eigenvalue weighted by molar-refractivity contribution is 9.10. The van der Waals surface area contributed by atoms with Crippen molar-refractivity contribution in [2.24, 2.45) is 5.10 Å². The molecule has 1 aromatic heterocycles. The van der Waals surface area contributed by atoms with Gasteiger partial charge in [0.15, 0.2) is 0 Å². The van der Waals surface area contributed by atoms with Gasteiger partial charge in [-0.05, 0) is 76.3 Å². The summed E-state index contributed by atoms with van der Waals surface area (Å²) >= 11 is 3.25. The van der Waals surface area contributed by atoms with Gasteiger partial charge >= 0.3 is 18.5 Å². The van der Waals surface area contributed by atoms with Crippen molar-refractivity contribution in [2.75, 3.05) is 29.9 Å². The van der Waals surface area contributed by atoms with Gasteiger partial charge in [-0.3, -0.25) is 5.01 Å². The van der Waals surface area contributed by atoms with Crippen molar-refractivity contribution >= 4 is 33.8 Å². The molecule has 2 aliphatic rings. The lowest BCUT2D eigenvalue weighted by atomic mass is 10.0. The molecule has 3 aromatic rings. The quantitative estimate of drug-likeness (QED) is 0.230. The minimum Gasteiger partial charge on any atom is -0.366 e. The third kappa shape index (κ3) is 7.36. The molecule has 6 nitrogen and oxygen atoms in total. The predicted molar refractivity (Wildman–Crippen MR) is 157 cm³/mol. The van der Waals surface area contributed by atoms with E-state index in [-0.39, 0.29) is 47.1 Å². The summed E-state index contributed by atoms with van der Waals surface area (Å²) in [5, 5.41) is 5.92. The van der Waals surface area contributed by atoms with Crippen LogP contribution < -0.4 is 9.80 Å². The number of likely N-dealkylation sites (N-methyl/N-ethyl adjacent to an activating group) is 1. The van der Waals surface area contributed by atoms with E-state index in [0.29, 0.717) is 37.2 Å². The first-order valence-electron chi connectivity index (χ1n) is 14.2. The Morgan fingerprint density at radius 3 is 1.96 bits per heavy atom. The van der Waals surface area contributed by atoms with E-state index in [1.165, 1.54) is 6.07 Å². The first-order valence-corrected chi connectivity index (χ1v) is 15.0. The molecule has 2 aromatic carbocycles. The van der Waals surface area contributed by atoms with Gasteiger partial charge in [-0.15, -0.1) is 0 Å². The van der Waals surface area contributed by atoms with E-state index < -0.39 is 41.3 Å². The van der Waals surface area contributed by atoms with Gasteiger partial charge in [-0.2, -0.15) is 44.6 Å². The Labute approximate surface area is 267 Å². The van der Waals surface area contributed by atoms with Crippen molar-refractivity contribution in [1.82, 2.24) is 15.0 Å². The van der Waals surface area contributed by atoms with Crippen molar-refractivity contribution in [2.45, 2.75) is 62.8 Å². The molecule has 0 radical (unpaired) electrons. The van der Waals surface area contributed by atoms with E-state index >= 15 is 0 Å². The second kappa shape index (κ2) is 12.6.